The summed E-state index contributed by atoms with van der Waals surface area (Å²) < 4.78 is 37.6. The van der Waals surface area contributed by atoms with Gasteiger partial charge in [-0.15, -0.1) is 0 Å². The molecule has 542 valence electrons. The summed E-state index contributed by atoms with van der Waals surface area (Å²) in [5, 5.41) is 21.8. The highest BCUT2D eigenvalue weighted by atomic mass is 32.1. The SMILES string of the molecule is Cc1c(-c2ccc(N3CCc4cccc(C(=O)Nc5nc6ccccc6s5)c4C3)nc2C(=O)O)cnn1CC12CC3CC(C1)CC(OCCN(C)C(=O)OCc1ccc(CC(=O)[C@H](C)NC(=O)[C@H](C)CC(=O)CCOCCOCCOCCOCCCC(=O)CCN4C(=O)C=CC4=O)cc1)(C3)C2. The van der Waals surface area contributed by atoms with Gasteiger partial charge < -0.3 is 48.6 Å². The summed E-state index contributed by atoms with van der Waals surface area (Å²) in [6.07, 6.45) is 11.5. The Bertz CT molecular complexity index is 4010. The van der Waals surface area contributed by atoms with E-state index in [1.54, 1.807) is 51.4 Å². The zero-order valence-corrected chi connectivity index (χ0v) is 59.3. The number of rotatable bonds is 39. The summed E-state index contributed by atoms with van der Waals surface area (Å²) >= 11 is 1.42. The molecule has 5 heterocycles. The van der Waals surface area contributed by atoms with Gasteiger partial charge in [0.25, 0.3) is 17.7 Å². The first-order chi connectivity index (χ1) is 49.2. The number of hydrogen-bond donors (Lipinski definition) is 3. The first kappa shape index (κ1) is 74.3. The fourth-order valence-electron chi connectivity index (χ4n) is 15.1. The van der Waals surface area contributed by atoms with Crippen LogP contribution in [0.2, 0.25) is 0 Å². The molecule has 4 atom stereocenters. The van der Waals surface area contributed by atoms with E-state index in [-0.39, 0.29) is 92.0 Å². The number of nitrogens with zero attached hydrogens (tertiary/aromatic N) is 7. The summed E-state index contributed by atoms with van der Waals surface area (Å²) in [5.74, 6) is -2.10. The van der Waals surface area contributed by atoms with Crippen LogP contribution in [0.25, 0.3) is 21.3 Å². The number of ketones is 3. The predicted octanol–water partition coefficient (Wildman–Crippen LogP) is 9.33. The summed E-state index contributed by atoms with van der Waals surface area (Å²) in [6, 6.07) is 23.6. The van der Waals surface area contributed by atoms with Gasteiger partial charge in [0.1, 0.15) is 24.0 Å². The third kappa shape index (κ3) is 19.2. The molecule has 4 aliphatic carbocycles. The molecule has 3 N–H and O–H groups in total. The summed E-state index contributed by atoms with van der Waals surface area (Å²) in [5.41, 5.74) is 6.36. The van der Waals surface area contributed by atoms with Crippen molar-refractivity contribution in [2.24, 2.45) is 23.2 Å². The molecular weight excluding hydrogens is 1330 g/mol. The summed E-state index contributed by atoms with van der Waals surface area (Å²) in [6.45, 7) is 10.3. The lowest BCUT2D eigenvalue weighted by molar-refractivity contribution is -0.197. The molecule has 0 radical (unpaired) electrons. The number of para-hydroxylation sites is 1. The number of amides is 5. The number of aromatic nitrogens is 4. The minimum Gasteiger partial charge on any atom is -0.476 e. The first-order valence-electron chi connectivity index (χ1n) is 35.3. The largest absolute Gasteiger partial charge is 0.476 e. The number of hydrogen-bond acceptors (Lipinski definition) is 20. The van der Waals surface area contributed by atoms with Crippen molar-refractivity contribution in [3.63, 3.8) is 0 Å². The maximum atomic E-state index is 13.8. The number of nitrogens with one attached hydrogen (secondary N) is 2. The minimum absolute atomic E-state index is 0.00199. The van der Waals surface area contributed by atoms with Gasteiger partial charge in [0, 0.05) is 119 Å². The molecule has 6 aliphatic rings. The molecule has 3 aromatic carbocycles. The van der Waals surface area contributed by atoms with Crippen LogP contribution >= 0.6 is 11.3 Å². The average Bonchev–Trinajstić information content (AvgIpc) is 0.829. The third-order valence-electron chi connectivity index (χ3n) is 20.1. The molecule has 2 aliphatic heterocycles. The number of carbonyl (C=O) groups is 9. The fourth-order valence-corrected chi connectivity index (χ4v) is 16.0. The molecule has 0 saturated heterocycles. The monoisotopic (exact) mass is 1420 g/mol. The number of ether oxygens (including phenoxy) is 6. The number of thiazole rings is 1. The Morgan fingerprint density at radius 1 is 0.755 bits per heavy atom. The van der Waals surface area contributed by atoms with Crippen molar-refractivity contribution in [3.05, 3.63) is 136 Å². The van der Waals surface area contributed by atoms with E-state index >= 15 is 0 Å². The Kier molecular flexibility index (Phi) is 25.0. The zero-order valence-electron chi connectivity index (χ0n) is 58.5. The highest BCUT2D eigenvalue weighted by Crippen LogP contribution is 2.63. The van der Waals surface area contributed by atoms with E-state index in [9.17, 15) is 48.3 Å². The number of imide groups is 1. The molecular formula is C76H91N9O16S. The van der Waals surface area contributed by atoms with E-state index in [0.717, 1.165) is 81.6 Å². The van der Waals surface area contributed by atoms with Crippen LogP contribution in [-0.2, 0) is 89.7 Å². The molecule has 4 saturated carbocycles. The van der Waals surface area contributed by atoms with Crippen molar-refractivity contribution >= 4 is 85.5 Å². The number of carboxylic acids is 1. The van der Waals surface area contributed by atoms with E-state index in [1.807, 2.05) is 71.1 Å². The van der Waals surface area contributed by atoms with E-state index in [1.165, 1.54) is 28.4 Å². The fraction of sp³-hybridized carbons (Fsp3) is 0.500. The van der Waals surface area contributed by atoms with Gasteiger partial charge in [-0.05, 0) is 135 Å². The molecule has 25 nitrogen and oxygen atoms in total. The zero-order chi connectivity index (χ0) is 71.9. The van der Waals surface area contributed by atoms with E-state index in [4.69, 9.17) is 38.5 Å². The van der Waals surface area contributed by atoms with Crippen molar-refractivity contribution in [1.29, 1.82) is 0 Å². The number of fused-ring (bicyclic) bond motifs is 2. The Morgan fingerprint density at radius 3 is 2.17 bits per heavy atom. The van der Waals surface area contributed by atoms with Crippen LogP contribution in [0.3, 0.4) is 0 Å². The van der Waals surface area contributed by atoms with Gasteiger partial charge in [-0.3, -0.25) is 48.5 Å². The van der Waals surface area contributed by atoms with Gasteiger partial charge in [-0.1, -0.05) is 66.8 Å². The Labute approximate surface area is 597 Å². The topological polar surface area (TPSA) is 307 Å². The van der Waals surface area contributed by atoms with Gasteiger partial charge in [-0.25, -0.2) is 19.6 Å². The number of Topliss-reactive ketones (excluding diaryl/α,β-unsaturated/α-hetero) is 3. The molecule has 0 spiro atoms. The maximum absolute atomic E-state index is 13.8. The molecule has 102 heavy (non-hydrogen) atoms. The van der Waals surface area contributed by atoms with Crippen molar-refractivity contribution in [2.75, 3.05) is 96.4 Å². The van der Waals surface area contributed by atoms with E-state index in [0.29, 0.717) is 131 Å². The smallest absolute Gasteiger partial charge is 0.409 e. The van der Waals surface area contributed by atoms with Crippen LogP contribution in [0.4, 0.5) is 15.7 Å². The first-order valence-corrected chi connectivity index (χ1v) is 36.1. The highest BCUT2D eigenvalue weighted by molar-refractivity contribution is 7.22. The predicted molar refractivity (Wildman–Crippen MR) is 379 cm³/mol. The molecule has 5 amide bonds. The number of aromatic carboxylic acids is 1. The lowest BCUT2D eigenvalue weighted by Crippen LogP contribution is -2.58. The second kappa shape index (κ2) is 34.4. The van der Waals surface area contributed by atoms with Gasteiger partial charge in [0.2, 0.25) is 5.91 Å². The number of carbonyl (C=O) groups excluding carboxylic acids is 8. The van der Waals surface area contributed by atoms with Gasteiger partial charge >= 0.3 is 12.1 Å². The molecule has 3 aromatic heterocycles. The van der Waals surface area contributed by atoms with Crippen LogP contribution in [0.5, 0.6) is 0 Å². The van der Waals surface area contributed by atoms with Gasteiger partial charge in [-0.2, -0.15) is 5.10 Å². The Morgan fingerprint density at radius 2 is 1.45 bits per heavy atom. The van der Waals surface area contributed by atoms with Gasteiger partial charge in [0.05, 0.1) is 80.9 Å². The number of anilines is 2. The quantitative estimate of drug-likeness (QED) is 0.0239. The molecule has 4 bridgehead atoms. The lowest BCUT2D eigenvalue weighted by atomic mass is 9.48. The van der Waals surface area contributed by atoms with Crippen LogP contribution in [0, 0.1) is 30.1 Å². The molecule has 4 fully saturated rings. The van der Waals surface area contributed by atoms with Crippen molar-refractivity contribution in [3.8, 4) is 11.1 Å². The minimum atomic E-state index is -1.14. The molecule has 6 aromatic rings. The van der Waals surface area contributed by atoms with Crippen LogP contribution in [0.15, 0.2) is 97.2 Å². The van der Waals surface area contributed by atoms with Crippen LogP contribution < -0.4 is 15.5 Å². The average molecular weight is 1420 g/mol. The Hall–Kier alpha value is -8.92. The highest BCUT2D eigenvalue weighted by Gasteiger charge is 2.58. The maximum Gasteiger partial charge on any atom is 0.409 e. The molecule has 2 unspecified atom stereocenters. The van der Waals surface area contributed by atoms with E-state index in [2.05, 4.69) is 15.6 Å². The normalized spacial score (nSPS) is 19.5. The van der Waals surface area contributed by atoms with Crippen LogP contribution in [-0.4, -0.2) is 185 Å². The van der Waals surface area contributed by atoms with Gasteiger partial charge in [0.15, 0.2) is 16.6 Å². The number of benzene rings is 3. The van der Waals surface area contributed by atoms with Crippen molar-refractivity contribution in [2.45, 2.75) is 136 Å². The molecule has 12 rings (SSSR count). The number of likely N-dealkylation sites (N-methyl/N-ethyl adjacent to an activating group) is 1. The van der Waals surface area contributed by atoms with Crippen molar-refractivity contribution < 1.29 is 76.7 Å². The standard InChI is InChI=1S/C76H91N9O16S/c1-49(37-58(87)24-29-97-32-34-99-36-35-98-33-31-96-28-8-10-57(86)23-26-84-67(89)20-21-68(84)90)70(91)78-50(2)64(88)39-52-14-16-53(17-15-52)46-100-74(95)82(4)27-30-101-76-42-54-38-55(43-76)41-75(40-54,47-76)48-85-51(3)61(44-77-85)59-18-19-66(80-69(59)72(93)94)83-25-22-56-9-7-11-60(62(56)45-83)71(92)81-73-79-63-12-5-6-13-65(63)102-73/h5-7,9,11-21,44,49-50,54-55H,8,10,22-43,45-48H2,1-4H3,(H,78,91)(H,93,94)(H,79,81,92)/t49-,50+,54?,55?,75?,76?/m1/s1. The summed E-state index contributed by atoms with van der Waals surface area (Å²) in [4.78, 5) is 128. The summed E-state index contributed by atoms with van der Waals surface area (Å²) in [7, 11) is 1.69. The second-order valence-corrected chi connectivity index (χ2v) is 28.8. The van der Waals surface area contributed by atoms with Crippen LogP contribution in [0.1, 0.15) is 133 Å². The Balaban J connectivity index is 0.550. The number of carboxylic acid groups (broad SMARTS) is 1. The van der Waals surface area contributed by atoms with Crippen molar-refractivity contribution in [1.82, 2.24) is 34.9 Å². The second-order valence-electron chi connectivity index (χ2n) is 27.8. The lowest BCUT2D eigenvalue weighted by Gasteiger charge is -2.61. The third-order valence-corrected chi connectivity index (χ3v) is 21.0. The molecule has 26 heteroatoms. The van der Waals surface area contributed by atoms with E-state index < -0.39 is 41.7 Å². The number of pyridine rings is 1.